The van der Waals surface area contributed by atoms with Crippen molar-refractivity contribution in [3.8, 4) is 11.5 Å². The van der Waals surface area contributed by atoms with Gasteiger partial charge in [0.25, 0.3) is 5.91 Å². The monoisotopic (exact) mass is 464 g/mol. The van der Waals surface area contributed by atoms with Gasteiger partial charge in [-0.3, -0.25) is 4.79 Å². The van der Waals surface area contributed by atoms with Crippen molar-refractivity contribution >= 4 is 46.1 Å². The average molecular weight is 465 g/mol. The van der Waals surface area contributed by atoms with Gasteiger partial charge in [-0.2, -0.15) is 5.10 Å². The first-order chi connectivity index (χ1) is 15.5. The Morgan fingerprint density at radius 2 is 1.66 bits per heavy atom. The average Bonchev–Trinajstić information content (AvgIpc) is 2.80. The lowest BCUT2D eigenvalue weighted by molar-refractivity contribution is 0.0952. The van der Waals surface area contributed by atoms with E-state index in [-0.39, 0.29) is 11.3 Å². The molecule has 0 aliphatic carbocycles. The van der Waals surface area contributed by atoms with Crippen LogP contribution < -0.4 is 10.2 Å². The number of benzene rings is 4. The first kappa shape index (κ1) is 21.7. The molecule has 4 aromatic carbocycles. The number of carbonyl (C=O) groups excluding carboxylic acids is 1. The molecule has 0 aromatic heterocycles. The predicted octanol–water partition coefficient (Wildman–Crippen LogP) is 6.20. The normalized spacial score (nSPS) is 11.1. The number of carbonyl (C=O) groups is 1. The summed E-state index contributed by atoms with van der Waals surface area (Å²) in [5, 5.41) is 16.8. The summed E-state index contributed by atoms with van der Waals surface area (Å²) in [7, 11) is 0. The van der Waals surface area contributed by atoms with Crippen LogP contribution in [0.5, 0.6) is 11.5 Å². The third kappa shape index (κ3) is 5.19. The van der Waals surface area contributed by atoms with Crippen molar-refractivity contribution in [2.75, 3.05) is 0 Å². The molecule has 0 saturated heterocycles. The topological polar surface area (TPSA) is 70.9 Å². The lowest BCUT2D eigenvalue weighted by Gasteiger charge is -2.07. The number of rotatable bonds is 6. The van der Waals surface area contributed by atoms with Crippen LogP contribution in [0.3, 0.4) is 0 Å². The van der Waals surface area contributed by atoms with Gasteiger partial charge >= 0.3 is 0 Å². The molecule has 5 nitrogen and oxygen atoms in total. The number of ether oxygens (including phenoxy) is 1. The van der Waals surface area contributed by atoms with Crippen molar-refractivity contribution < 1.29 is 14.6 Å². The molecule has 1 amide bonds. The molecule has 0 aliphatic heterocycles. The Morgan fingerprint density at radius 3 is 2.38 bits per heavy atom. The van der Waals surface area contributed by atoms with Gasteiger partial charge in [-0.25, -0.2) is 5.43 Å². The molecule has 4 rings (SSSR count). The summed E-state index contributed by atoms with van der Waals surface area (Å²) in [6.07, 6.45) is 1.51. The standard InChI is InChI=1S/C25H18Cl2N2O3/c26-22-10-7-17(11-23(22)27)15-32-20-8-5-16(6-9-20)14-28-29-25(31)21-12-18-3-1-2-4-19(18)13-24(21)30/h1-14,30H,15H2,(H,29,31). The molecule has 0 saturated carbocycles. The molecule has 0 radical (unpaired) electrons. The maximum atomic E-state index is 12.4. The molecule has 4 aromatic rings. The molecule has 0 fully saturated rings. The molecule has 0 spiro atoms. The Morgan fingerprint density at radius 1 is 0.938 bits per heavy atom. The summed E-state index contributed by atoms with van der Waals surface area (Å²) >= 11 is 11.9. The van der Waals surface area contributed by atoms with E-state index in [0.29, 0.717) is 22.4 Å². The van der Waals surface area contributed by atoms with Gasteiger partial charge in [0.15, 0.2) is 0 Å². The number of phenolic OH excluding ortho intramolecular Hbond substituents is 1. The quantitative estimate of drug-likeness (QED) is 0.263. The minimum Gasteiger partial charge on any atom is -0.507 e. The van der Waals surface area contributed by atoms with Gasteiger partial charge in [-0.05, 0) is 70.4 Å². The lowest BCUT2D eigenvalue weighted by atomic mass is 10.1. The molecule has 0 heterocycles. The summed E-state index contributed by atoms with van der Waals surface area (Å²) in [5.41, 5.74) is 4.28. The molecular weight excluding hydrogens is 447 g/mol. The fourth-order valence-electron chi connectivity index (χ4n) is 3.08. The van der Waals surface area contributed by atoms with Gasteiger partial charge in [0, 0.05) is 0 Å². The summed E-state index contributed by atoms with van der Waals surface area (Å²) in [5.74, 6) is 0.0873. The highest BCUT2D eigenvalue weighted by atomic mass is 35.5. The zero-order chi connectivity index (χ0) is 22.5. The Kier molecular flexibility index (Phi) is 6.59. The fraction of sp³-hybridized carbons (Fsp3) is 0.0400. The van der Waals surface area contributed by atoms with Crippen LogP contribution >= 0.6 is 23.2 Å². The summed E-state index contributed by atoms with van der Waals surface area (Å²) in [6.45, 7) is 0.357. The van der Waals surface area contributed by atoms with Crippen LogP contribution in [0.1, 0.15) is 21.5 Å². The van der Waals surface area contributed by atoms with Crippen molar-refractivity contribution in [3.05, 3.63) is 106 Å². The molecular formula is C25H18Cl2N2O3. The summed E-state index contributed by atoms with van der Waals surface area (Å²) < 4.78 is 5.75. The lowest BCUT2D eigenvalue weighted by Crippen LogP contribution is -2.17. The predicted molar refractivity (Wildman–Crippen MR) is 128 cm³/mol. The van der Waals surface area contributed by atoms with E-state index in [4.69, 9.17) is 27.9 Å². The minimum atomic E-state index is -0.494. The number of fused-ring (bicyclic) bond motifs is 1. The molecule has 0 aliphatic rings. The van der Waals surface area contributed by atoms with Crippen LogP contribution in [0.2, 0.25) is 10.0 Å². The van der Waals surface area contributed by atoms with E-state index in [9.17, 15) is 9.90 Å². The smallest absolute Gasteiger partial charge is 0.275 e. The Bertz CT molecular complexity index is 1300. The number of nitrogens with one attached hydrogen (secondary N) is 1. The Labute approximate surface area is 194 Å². The molecule has 0 unspecified atom stereocenters. The van der Waals surface area contributed by atoms with Crippen LogP contribution in [0, 0.1) is 0 Å². The number of nitrogens with zero attached hydrogens (tertiary/aromatic N) is 1. The molecule has 2 N–H and O–H groups in total. The first-order valence-electron chi connectivity index (χ1n) is 9.71. The van der Waals surface area contributed by atoms with Gasteiger partial charge in [0.2, 0.25) is 0 Å². The number of aromatic hydroxyl groups is 1. The summed E-state index contributed by atoms with van der Waals surface area (Å²) in [6, 6.07) is 23.3. The van der Waals surface area contributed by atoms with Crippen molar-refractivity contribution in [2.45, 2.75) is 6.61 Å². The van der Waals surface area contributed by atoms with E-state index >= 15 is 0 Å². The van der Waals surface area contributed by atoms with Crippen molar-refractivity contribution in [1.29, 1.82) is 0 Å². The van der Waals surface area contributed by atoms with E-state index < -0.39 is 5.91 Å². The maximum Gasteiger partial charge on any atom is 0.275 e. The molecule has 160 valence electrons. The first-order valence-corrected chi connectivity index (χ1v) is 10.5. The van der Waals surface area contributed by atoms with Crippen LogP contribution in [0.15, 0.2) is 84.0 Å². The molecule has 0 atom stereocenters. The van der Waals surface area contributed by atoms with Crippen LogP contribution in [-0.2, 0) is 6.61 Å². The Balaban J connectivity index is 1.35. The van der Waals surface area contributed by atoms with Crippen molar-refractivity contribution in [2.24, 2.45) is 5.10 Å². The molecule has 0 bridgehead atoms. The number of phenols is 1. The fourth-order valence-corrected chi connectivity index (χ4v) is 3.40. The highest BCUT2D eigenvalue weighted by Crippen LogP contribution is 2.25. The second kappa shape index (κ2) is 9.73. The van der Waals surface area contributed by atoms with Crippen molar-refractivity contribution in [3.63, 3.8) is 0 Å². The van der Waals surface area contributed by atoms with Crippen molar-refractivity contribution in [1.82, 2.24) is 5.43 Å². The Hall–Kier alpha value is -3.54. The number of hydrogen-bond acceptors (Lipinski definition) is 4. The zero-order valence-corrected chi connectivity index (χ0v) is 18.3. The highest BCUT2D eigenvalue weighted by Gasteiger charge is 2.11. The van der Waals surface area contributed by atoms with Crippen LogP contribution in [-0.4, -0.2) is 17.2 Å². The van der Waals surface area contributed by atoms with Gasteiger partial charge in [0.1, 0.15) is 18.1 Å². The number of hydrazone groups is 1. The zero-order valence-electron chi connectivity index (χ0n) is 16.8. The number of hydrogen-bond donors (Lipinski definition) is 2. The summed E-state index contributed by atoms with van der Waals surface area (Å²) in [4.78, 5) is 12.4. The van der Waals surface area contributed by atoms with Gasteiger partial charge in [-0.15, -0.1) is 0 Å². The second-order valence-electron chi connectivity index (χ2n) is 7.02. The van der Waals surface area contributed by atoms with E-state index in [0.717, 1.165) is 21.9 Å². The van der Waals surface area contributed by atoms with Gasteiger partial charge < -0.3 is 9.84 Å². The molecule has 32 heavy (non-hydrogen) atoms. The SMILES string of the molecule is O=C(NN=Cc1ccc(OCc2ccc(Cl)c(Cl)c2)cc1)c1cc2ccccc2cc1O. The third-order valence-electron chi connectivity index (χ3n) is 4.76. The maximum absolute atomic E-state index is 12.4. The number of halogens is 2. The van der Waals surface area contributed by atoms with E-state index in [2.05, 4.69) is 10.5 Å². The minimum absolute atomic E-state index is 0.0973. The van der Waals surface area contributed by atoms with Gasteiger partial charge in [0.05, 0.1) is 21.8 Å². The number of amides is 1. The van der Waals surface area contributed by atoms with E-state index in [1.165, 1.54) is 6.21 Å². The third-order valence-corrected chi connectivity index (χ3v) is 5.50. The van der Waals surface area contributed by atoms with E-state index in [1.54, 1.807) is 36.4 Å². The van der Waals surface area contributed by atoms with Crippen LogP contribution in [0.25, 0.3) is 10.8 Å². The second-order valence-corrected chi connectivity index (χ2v) is 7.84. The van der Waals surface area contributed by atoms with E-state index in [1.807, 2.05) is 42.5 Å². The van der Waals surface area contributed by atoms with Gasteiger partial charge in [-0.1, -0.05) is 53.5 Å². The highest BCUT2D eigenvalue weighted by molar-refractivity contribution is 6.42. The van der Waals surface area contributed by atoms with Crippen LogP contribution in [0.4, 0.5) is 0 Å². The largest absolute Gasteiger partial charge is 0.507 e. The molecule has 7 heteroatoms.